The van der Waals surface area contributed by atoms with Gasteiger partial charge in [-0.3, -0.25) is 4.79 Å². The molecule has 0 aliphatic heterocycles. The third-order valence-corrected chi connectivity index (χ3v) is 3.40. The summed E-state index contributed by atoms with van der Waals surface area (Å²) in [6.07, 6.45) is 4.29. The van der Waals surface area contributed by atoms with E-state index in [4.69, 9.17) is 5.73 Å². The molecule has 16 heavy (non-hydrogen) atoms. The number of benzene rings is 1. The molecule has 0 aromatic heterocycles. The monoisotopic (exact) mass is 216 g/mol. The molecule has 0 heterocycles. The lowest BCUT2D eigenvalue weighted by Crippen LogP contribution is -2.26. The fraction of sp³-hybridized carbons (Fsp3) is 0.462. The standard InChI is InChI=1S/C13H16N2O/c14-13(6-7-13)10-3-1-2-9(8-10)12(16)15-11-4-5-11/h1-3,8,11H,4-7,14H2,(H,15,16). The molecule has 84 valence electrons. The van der Waals surface area contributed by atoms with E-state index in [0.717, 1.165) is 36.8 Å². The molecule has 2 fully saturated rings. The Morgan fingerprint density at radius 1 is 1.38 bits per heavy atom. The van der Waals surface area contributed by atoms with Gasteiger partial charge in [0.15, 0.2) is 0 Å². The van der Waals surface area contributed by atoms with Gasteiger partial charge in [0.2, 0.25) is 0 Å². The lowest BCUT2D eigenvalue weighted by atomic mass is 10.0. The van der Waals surface area contributed by atoms with Crippen molar-refractivity contribution in [2.75, 3.05) is 0 Å². The topological polar surface area (TPSA) is 55.1 Å². The highest BCUT2D eigenvalue weighted by Gasteiger charge is 2.40. The molecule has 2 aliphatic rings. The van der Waals surface area contributed by atoms with Crippen LogP contribution in [0.15, 0.2) is 24.3 Å². The Balaban J connectivity index is 1.80. The SMILES string of the molecule is NC1(c2cccc(C(=O)NC3CC3)c2)CC1. The maximum atomic E-state index is 11.8. The number of amides is 1. The van der Waals surface area contributed by atoms with Crippen molar-refractivity contribution in [3.05, 3.63) is 35.4 Å². The number of hydrogen-bond donors (Lipinski definition) is 2. The van der Waals surface area contributed by atoms with Crippen molar-refractivity contribution < 1.29 is 4.79 Å². The van der Waals surface area contributed by atoms with E-state index < -0.39 is 0 Å². The summed E-state index contributed by atoms with van der Waals surface area (Å²) in [5.74, 6) is 0.0357. The van der Waals surface area contributed by atoms with Gasteiger partial charge in [-0.05, 0) is 43.4 Å². The lowest BCUT2D eigenvalue weighted by Gasteiger charge is -2.10. The molecule has 0 saturated heterocycles. The molecule has 2 aliphatic carbocycles. The minimum Gasteiger partial charge on any atom is -0.349 e. The summed E-state index contributed by atoms with van der Waals surface area (Å²) < 4.78 is 0. The zero-order chi connectivity index (χ0) is 11.2. The van der Waals surface area contributed by atoms with Gasteiger partial charge in [0.25, 0.3) is 5.91 Å². The molecular weight excluding hydrogens is 200 g/mol. The van der Waals surface area contributed by atoms with E-state index in [1.54, 1.807) is 0 Å². The van der Waals surface area contributed by atoms with Crippen LogP contribution < -0.4 is 11.1 Å². The molecule has 3 rings (SSSR count). The first-order valence-corrected chi connectivity index (χ1v) is 5.88. The van der Waals surface area contributed by atoms with Crippen molar-refractivity contribution in [2.45, 2.75) is 37.3 Å². The first kappa shape index (κ1) is 9.85. The molecule has 0 bridgehead atoms. The van der Waals surface area contributed by atoms with Crippen molar-refractivity contribution in [1.29, 1.82) is 0 Å². The van der Waals surface area contributed by atoms with Crippen molar-refractivity contribution in [3.8, 4) is 0 Å². The molecule has 2 saturated carbocycles. The van der Waals surface area contributed by atoms with Crippen LogP contribution in [-0.2, 0) is 5.54 Å². The van der Waals surface area contributed by atoms with Crippen LogP contribution in [0.3, 0.4) is 0 Å². The fourth-order valence-corrected chi connectivity index (χ4v) is 1.89. The molecule has 0 unspecified atom stereocenters. The minimum atomic E-state index is -0.157. The number of hydrogen-bond acceptors (Lipinski definition) is 2. The number of carbonyl (C=O) groups is 1. The van der Waals surface area contributed by atoms with Crippen LogP contribution in [0.4, 0.5) is 0 Å². The van der Waals surface area contributed by atoms with Gasteiger partial charge in [-0.1, -0.05) is 12.1 Å². The Hall–Kier alpha value is -1.35. The molecule has 3 heteroatoms. The Bertz CT molecular complexity index is 433. The highest BCUT2D eigenvalue weighted by molar-refractivity contribution is 5.94. The maximum absolute atomic E-state index is 11.8. The van der Waals surface area contributed by atoms with Gasteiger partial charge in [-0.15, -0.1) is 0 Å². The predicted octanol–water partition coefficient (Wildman–Crippen LogP) is 1.53. The Morgan fingerprint density at radius 3 is 2.75 bits per heavy atom. The Labute approximate surface area is 95.0 Å². The molecule has 0 atom stereocenters. The zero-order valence-electron chi connectivity index (χ0n) is 9.20. The van der Waals surface area contributed by atoms with Crippen LogP contribution >= 0.6 is 0 Å². The van der Waals surface area contributed by atoms with Gasteiger partial charge in [0.1, 0.15) is 0 Å². The zero-order valence-corrected chi connectivity index (χ0v) is 9.20. The van der Waals surface area contributed by atoms with Gasteiger partial charge < -0.3 is 11.1 Å². The summed E-state index contributed by atoms with van der Waals surface area (Å²) >= 11 is 0. The average molecular weight is 216 g/mol. The lowest BCUT2D eigenvalue weighted by molar-refractivity contribution is 0.0951. The highest BCUT2D eigenvalue weighted by Crippen LogP contribution is 2.42. The van der Waals surface area contributed by atoms with E-state index in [1.165, 1.54) is 0 Å². The first-order valence-electron chi connectivity index (χ1n) is 5.88. The third-order valence-electron chi connectivity index (χ3n) is 3.40. The summed E-state index contributed by atoms with van der Waals surface area (Å²) in [5, 5.41) is 2.99. The minimum absolute atomic E-state index is 0.0357. The molecule has 0 radical (unpaired) electrons. The number of nitrogens with two attached hydrogens (primary N) is 1. The second kappa shape index (κ2) is 3.32. The highest BCUT2D eigenvalue weighted by atomic mass is 16.1. The van der Waals surface area contributed by atoms with E-state index in [0.29, 0.717) is 6.04 Å². The van der Waals surface area contributed by atoms with Crippen molar-refractivity contribution >= 4 is 5.91 Å². The van der Waals surface area contributed by atoms with E-state index in [2.05, 4.69) is 5.32 Å². The van der Waals surface area contributed by atoms with E-state index in [9.17, 15) is 4.79 Å². The quantitative estimate of drug-likeness (QED) is 0.805. The summed E-state index contributed by atoms with van der Waals surface area (Å²) in [6, 6.07) is 8.13. The summed E-state index contributed by atoms with van der Waals surface area (Å²) in [7, 11) is 0. The first-order chi connectivity index (χ1) is 7.67. The van der Waals surface area contributed by atoms with Crippen LogP contribution in [0.25, 0.3) is 0 Å². The number of rotatable bonds is 3. The van der Waals surface area contributed by atoms with Gasteiger partial charge >= 0.3 is 0 Å². The Kier molecular flexibility index (Phi) is 2.04. The molecule has 0 spiro atoms. The average Bonchev–Trinajstić information content (AvgIpc) is 3.18. The molecule has 1 aromatic rings. The van der Waals surface area contributed by atoms with Crippen molar-refractivity contribution in [2.24, 2.45) is 5.73 Å². The molecule has 3 N–H and O–H groups in total. The molecule has 1 amide bonds. The molecule has 3 nitrogen and oxygen atoms in total. The molecular formula is C13H16N2O. The normalized spacial score (nSPS) is 21.6. The largest absolute Gasteiger partial charge is 0.349 e. The van der Waals surface area contributed by atoms with Crippen LogP contribution in [0.2, 0.25) is 0 Å². The summed E-state index contributed by atoms with van der Waals surface area (Å²) in [4.78, 5) is 11.8. The van der Waals surface area contributed by atoms with Gasteiger partial charge in [-0.25, -0.2) is 0 Å². The smallest absolute Gasteiger partial charge is 0.251 e. The van der Waals surface area contributed by atoms with Gasteiger partial charge in [0.05, 0.1) is 0 Å². The predicted molar refractivity (Wildman–Crippen MR) is 62.0 cm³/mol. The maximum Gasteiger partial charge on any atom is 0.251 e. The number of nitrogens with one attached hydrogen (secondary N) is 1. The second-order valence-corrected chi connectivity index (χ2v) is 4.98. The molecule has 1 aromatic carbocycles. The third kappa shape index (κ3) is 1.83. The van der Waals surface area contributed by atoms with Crippen LogP contribution in [-0.4, -0.2) is 11.9 Å². The number of carbonyl (C=O) groups excluding carboxylic acids is 1. The second-order valence-electron chi connectivity index (χ2n) is 4.98. The van der Waals surface area contributed by atoms with E-state index in [1.807, 2.05) is 24.3 Å². The Morgan fingerprint density at radius 2 is 2.12 bits per heavy atom. The van der Waals surface area contributed by atoms with Gasteiger partial charge in [-0.2, -0.15) is 0 Å². The van der Waals surface area contributed by atoms with Crippen molar-refractivity contribution in [1.82, 2.24) is 5.32 Å². The van der Waals surface area contributed by atoms with E-state index in [-0.39, 0.29) is 11.4 Å². The summed E-state index contributed by atoms with van der Waals surface area (Å²) in [5.41, 5.74) is 7.79. The van der Waals surface area contributed by atoms with Crippen LogP contribution in [0.5, 0.6) is 0 Å². The van der Waals surface area contributed by atoms with Crippen LogP contribution in [0.1, 0.15) is 41.6 Å². The fourth-order valence-electron chi connectivity index (χ4n) is 1.89. The van der Waals surface area contributed by atoms with E-state index >= 15 is 0 Å². The summed E-state index contributed by atoms with van der Waals surface area (Å²) in [6.45, 7) is 0. The van der Waals surface area contributed by atoms with Gasteiger partial charge in [0, 0.05) is 17.1 Å². The van der Waals surface area contributed by atoms with Crippen molar-refractivity contribution in [3.63, 3.8) is 0 Å². The van der Waals surface area contributed by atoms with Crippen LogP contribution in [0, 0.1) is 0 Å².